The monoisotopic (exact) mass is 954 g/mol. The average molecular weight is 955 g/mol. The molecular formula is C73H50N2. The van der Waals surface area contributed by atoms with Crippen molar-refractivity contribution in [1.82, 2.24) is 4.57 Å². The van der Waals surface area contributed by atoms with E-state index < -0.39 is 5.41 Å². The zero-order valence-corrected chi connectivity index (χ0v) is 41.3. The molecule has 0 N–H and O–H groups in total. The first-order valence-electron chi connectivity index (χ1n) is 25.9. The predicted octanol–water partition coefficient (Wildman–Crippen LogP) is 19.3. The number of benzene rings is 12. The van der Waals surface area contributed by atoms with E-state index in [1.165, 1.54) is 94.2 Å². The number of anilines is 3. The summed E-state index contributed by atoms with van der Waals surface area (Å²) in [6.45, 7) is 0. The Hall–Kier alpha value is -9.76. The summed E-state index contributed by atoms with van der Waals surface area (Å²) in [5.41, 5.74) is 23.2. The normalized spacial score (nSPS) is 12.4. The van der Waals surface area contributed by atoms with Crippen LogP contribution in [0.4, 0.5) is 17.1 Å². The largest absolute Gasteiger partial charge is 0.310 e. The molecule has 0 amide bonds. The lowest BCUT2D eigenvalue weighted by Gasteiger charge is -2.35. The minimum atomic E-state index is -0.539. The molecule has 1 aromatic heterocycles. The van der Waals surface area contributed by atoms with Gasteiger partial charge >= 0.3 is 0 Å². The molecule has 0 fully saturated rings. The molecule has 13 aromatic rings. The fourth-order valence-electron chi connectivity index (χ4n) is 12.1. The quantitative estimate of drug-likeness (QED) is 0.133. The molecule has 14 rings (SSSR count). The van der Waals surface area contributed by atoms with Gasteiger partial charge in [0, 0.05) is 39.1 Å². The highest BCUT2D eigenvalue weighted by Crippen LogP contribution is 2.57. The zero-order chi connectivity index (χ0) is 49.7. The molecule has 0 saturated carbocycles. The summed E-state index contributed by atoms with van der Waals surface area (Å²) in [5.74, 6) is 0. The Kier molecular flexibility index (Phi) is 10.8. The van der Waals surface area contributed by atoms with Crippen LogP contribution in [0.1, 0.15) is 22.3 Å². The summed E-state index contributed by atoms with van der Waals surface area (Å²) in [6, 6.07) is 111. The third-order valence-electron chi connectivity index (χ3n) is 15.5. The highest BCUT2D eigenvalue weighted by molar-refractivity contribution is 6.20. The van der Waals surface area contributed by atoms with Gasteiger partial charge in [-0.05, 0) is 133 Å². The van der Waals surface area contributed by atoms with Gasteiger partial charge in [0.2, 0.25) is 0 Å². The van der Waals surface area contributed by atoms with Gasteiger partial charge in [0.1, 0.15) is 0 Å². The van der Waals surface area contributed by atoms with Crippen LogP contribution in [0.15, 0.2) is 303 Å². The molecule has 0 unspecified atom stereocenters. The van der Waals surface area contributed by atoms with Crippen LogP contribution in [0.2, 0.25) is 0 Å². The predicted molar refractivity (Wildman–Crippen MR) is 315 cm³/mol. The van der Waals surface area contributed by atoms with Gasteiger partial charge in [0.15, 0.2) is 0 Å². The summed E-state index contributed by atoms with van der Waals surface area (Å²) in [6.07, 6.45) is 0. The van der Waals surface area contributed by atoms with Crippen molar-refractivity contribution in [3.05, 3.63) is 326 Å². The van der Waals surface area contributed by atoms with E-state index in [-0.39, 0.29) is 0 Å². The third-order valence-corrected chi connectivity index (χ3v) is 15.5. The Morgan fingerprint density at radius 1 is 0.280 bits per heavy atom. The molecule has 1 heterocycles. The first kappa shape index (κ1) is 44.0. The Morgan fingerprint density at radius 3 is 1.31 bits per heavy atom. The molecule has 2 heteroatoms. The standard InChI is InChI=1S/C73H50N2/c1-7-21-51(22-8-1)53-35-38-59(39-36-53)74(62-44-45-66-65-33-19-20-34-68(65)73(69(66)50-62,57-29-15-5-16-30-57)58-31-17-6-18-32-58)60-40-42-61(43-41-60)75-70-48-37-56(52-23-9-2-10-24-52)49-67(70)71-63(54-25-11-3-12-26-54)46-47-64(72(71)75)55-27-13-4-14-28-55/h1-50H. The van der Waals surface area contributed by atoms with Crippen molar-refractivity contribution >= 4 is 38.9 Å². The number of aromatic nitrogens is 1. The summed E-state index contributed by atoms with van der Waals surface area (Å²) in [5, 5.41) is 2.45. The van der Waals surface area contributed by atoms with Gasteiger partial charge in [-0.15, -0.1) is 0 Å². The number of hydrogen-bond donors (Lipinski definition) is 0. The Bertz CT molecular complexity index is 4130. The van der Waals surface area contributed by atoms with Gasteiger partial charge in [-0.25, -0.2) is 0 Å². The van der Waals surface area contributed by atoms with Crippen LogP contribution in [0, 0.1) is 0 Å². The van der Waals surface area contributed by atoms with Gasteiger partial charge in [0.05, 0.1) is 16.4 Å². The number of nitrogens with zero attached hydrogens (tertiary/aromatic N) is 2. The molecule has 0 radical (unpaired) electrons. The van der Waals surface area contributed by atoms with E-state index in [0.717, 1.165) is 28.3 Å². The molecule has 0 atom stereocenters. The summed E-state index contributed by atoms with van der Waals surface area (Å²) < 4.78 is 2.50. The minimum absolute atomic E-state index is 0.539. The maximum absolute atomic E-state index is 2.50. The molecule has 0 bridgehead atoms. The van der Waals surface area contributed by atoms with E-state index in [0.29, 0.717) is 0 Å². The summed E-state index contributed by atoms with van der Waals surface area (Å²) >= 11 is 0. The van der Waals surface area contributed by atoms with Gasteiger partial charge in [-0.1, -0.05) is 243 Å². The van der Waals surface area contributed by atoms with Crippen LogP contribution in [-0.2, 0) is 5.41 Å². The summed E-state index contributed by atoms with van der Waals surface area (Å²) in [7, 11) is 0. The molecule has 12 aromatic carbocycles. The second kappa shape index (κ2) is 18.4. The zero-order valence-electron chi connectivity index (χ0n) is 41.3. The van der Waals surface area contributed by atoms with Crippen LogP contribution < -0.4 is 4.90 Å². The first-order chi connectivity index (χ1) is 37.2. The Labute approximate surface area is 438 Å². The first-order valence-corrected chi connectivity index (χ1v) is 25.9. The molecule has 0 aliphatic heterocycles. The van der Waals surface area contributed by atoms with Crippen LogP contribution >= 0.6 is 0 Å². The van der Waals surface area contributed by atoms with Crippen LogP contribution in [0.5, 0.6) is 0 Å². The lowest BCUT2D eigenvalue weighted by molar-refractivity contribution is 0.768. The van der Waals surface area contributed by atoms with Crippen molar-refractivity contribution < 1.29 is 0 Å². The SMILES string of the molecule is c1ccc(-c2ccc(N(c3ccc(-n4c5ccc(-c6ccccc6)cc5c5c(-c6ccccc6)ccc(-c6ccccc6)c54)cc3)c3ccc4c(c3)C(c3ccccc3)(c3ccccc3)c3ccccc3-4)cc2)cc1. The fraction of sp³-hybridized carbons (Fsp3) is 0.0137. The number of rotatable bonds is 10. The molecule has 1 aliphatic carbocycles. The van der Waals surface area contributed by atoms with Crippen molar-refractivity contribution in [2.24, 2.45) is 0 Å². The van der Waals surface area contributed by atoms with Crippen molar-refractivity contribution in [3.8, 4) is 61.3 Å². The van der Waals surface area contributed by atoms with Crippen molar-refractivity contribution in [2.75, 3.05) is 4.90 Å². The molecule has 75 heavy (non-hydrogen) atoms. The van der Waals surface area contributed by atoms with E-state index in [4.69, 9.17) is 0 Å². The molecule has 0 saturated heterocycles. The Balaban J connectivity index is 0.991. The number of hydrogen-bond acceptors (Lipinski definition) is 1. The van der Waals surface area contributed by atoms with Crippen LogP contribution in [-0.4, -0.2) is 4.57 Å². The molecule has 2 nitrogen and oxygen atoms in total. The van der Waals surface area contributed by atoms with E-state index in [2.05, 4.69) is 313 Å². The molecule has 1 aliphatic rings. The fourth-order valence-corrected chi connectivity index (χ4v) is 12.1. The van der Waals surface area contributed by atoms with E-state index in [1.807, 2.05) is 0 Å². The van der Waals surface area contributed by atoms with Crippen LogP contribution in [0.25, 0.3) is 83.1 Å². The Morgan fingerprint density at radius 2 is 0.707 bits per heavy atom. The van der Waals surface area contributed by atoms with Crippen LogP contribution in [0.3, 0.4) is 0 Å². The van der Waals surface area contributed by atoms with E-state index >= 15 is 0 Å². The lowest BCUT2D eigenvalue weighted by atomic mass is 9.67. The van der Waals surface area contributed by atoms with Gasteiger partial charge in [0.25, 0.3) is 0 Å². The second-order valence-electron chi connectivity index (χ2n) is 19.6. The lowest BCUT2D eigenvalue weighted by Crippen LogP contribution is -2.28. The minimum Gasteiger partial charge on any atom is -0.310 e. The van der Waals surface area contributed by atoms with Gasteiger partial charge in [-0.3, -0.25) is 0 Å². The topological polar surface area (TPSA) is 8.17 Å². The maximum atomic E-state index is 2.50. The smallest absolute Gasteiger partial charge is 0.0714 e. The highest BCUT2D eigenvalue weighted by Gasteiger charge is 2.46. The maximum Gasteiger partial charge on any atom is 0.0714 e. The van der Waals surface area contributed by atoms with Gasteiger partial charge in [-0.2, -0.15) is 0 Å². The molecule has 0 spiro atoms. The van der Waals surface area contributed by atoms with Crippen molar-refractivity contribution in [2.45, 2.75) is 5.41 Å². The average Bonchev–Trinajstić information content (AvgIpc) is 4.00. The third kappa shape index (κ3) is 7.33. The number of fused-ring (bicyclic) bond motifs is 6. The van der Waals surface area contributed by atoms with Crippen molar-refractivity contribution in [1.29, 1.82) is 0 Å². The molecular weight excluding hydrogens is 905 g/mol. The van der Waals surface area contributed by atoms with Gasteiger partial charge < -0.3 is 9.47 Å². The van der Waals surface area contributed by atoms with E-state index in [1.54, 1.807) is 0 Å². The summed E-state index contributed by atoms with van der Waals surface area (Å²) in [4.78, 5) is 2.43. The molecule has 352 valence electrons. The second-order valence-corrected chi connectivity index (χ2v) is 19.6. The highest BCUT2D eigenvalue weighted by atomic mass is 15.1. The van der Waals surface area contributed by atoms with Crippen molar-refractivity contribution in [3.63, 3.8) is 0 Å². The van der Waals surface area contributed by atoms with E-state index in [9.17, 15) is 0 Å².